The Morgan fingerprint density at radius 1 is 1.30 bits per heavy atom. The van der Waals surface area contributed by atoms with E-state index in [0.29, 0.717) is 12.0 Å². The highest BCUT2D eigenvalue weighted by atomic mass is 16.5. The minimum Gasteiger partial charge on any atom is -0.378 e. The van der Waals surface area contributed by atoms with Crippen LogP contribution < -0.4 is 5.73 Å². The summed E-state index contributed by atoms with van der Waals surface area (Å²) in [7, 11) is 3.97. The zero-order valence-corrected chi connectivity index (χ0v) is 13.2. The first-order chi connectivity index (χ1) is 9.45. The highest BCUT2D eigenvalue weighted by Gasteiger charge is 2.29. The van der Waals surface area contributed by atoms with E-state index in [1.54, 1.807) is 7.11 Å². The summed E-state index contributed by atoms with van der Waals surface area (Å²) in [4.78, 5) is 2.42. The third kappa shape index (κ3) is 3.60. The van der Waals surface area contributed by atoms with Crippen LogP contribution in [0.4, 0.5) is 0 Å². The Morgan fingerprint density at radius 2 is 1.95 bits per heavy atom. The lowest BCUT2D eigenvalue weighted by Gasteiger charge is -2.24. The molecule has 2 unspecified atom stereocenters. The summed E-state index contributed by atoms with van der Waals surface area (Å²) in [6, 6.07) is 9.52. The second kappa shape index (κ2) is 6.25. The van der Waals surface area contributed by atoms with Crippen molar-refractivity contribution in [3.8, 4) is 0 Å². The molecule has 20 heavy (non-hydrogen) atoms. The van der Waals surface area contributed by atoms with Crippen LogP contribution in [0.3, 0.4) is 0 Å². The highest BCUT2D eigenvalue weighted by molar-refractivity contribution is 5.27. The lowest BCUT2D eigenvalue weighted by molar-refractivity contribution is 0.0232. The quantitative estimate of drug-likeness (QED) is 0.898. The lowest BCUT2D eigenvalue weighted by atomic mass is 9.95. The van der Waals surface area contributed by atoms with Crippen molar-refractivity contribution in [3.05, 3.63) is 35.4 Å². The molecule has 2 atom stereocenters. The maximum Gasteiger partial charge on any atom is 0.0662 e. The molecule has 1 aromatic rings. The molecule has 0 saturated carbocycles. The summed E-state index contributed by atoms with van der Waals surface area (Å²) in [5, 5.41) is 0. The zero-order chi connectivity index (χ0) is 14.8. The van der Waals surface area contributed by atoms with Gasteiger partial charge in [0.05, 0.1) is 5.60 Å². The molecule has 0 spiro atoms. The number of benzene rings is 1. The highest BCUT2D eigenvalue weighted by Crippen LogP contribution is 2.33. The molecule has 1 aromatic carbocycles. The van der Waals surface area contributed by atoms with Gasteiger partial charge in [0.2, 0.25) is 0 Å². The molecule has 1 aliphatic heterocycles. The molecule has 112 valence electrons. The maximum atomic E-state index is 5.80. The first-order valence-electron chi connectivity index (χ1n) is 7.49. The number of hydrogen-bond donors (Lipinski definition) is 1. The van der Waals surface area contributed by atoms with E-state index in [0.717, 1.165) is 19.5 Å². The van der Waals surface area contributed by atoms with E-state index in [4.69, 9.17) is 10.5 Å². The van der Waals surface area contributed by atoms with Gasteiger partial charge in [-0.3, -0.25) is 4.90 Å². The standard InChI is InChI=1S/C17H28N2O/c1-17(2,20-4)10-13-5-7-15(8-6-13)16-9-14(11-18)12-19(16)3/h5-8,14,16H,9-12,18H2,1-4H3. The number of nitrogens with two attached hydrogens (primary N) is 1. The molecule has 1 aliphatic rings. The third-order valence-electron chi connectivity index (χ3n) is 4.52. The van der Waals surface area contributed by atoms with Crippen LogP contribution in [0.5, 0.6) is 0 Å². The fourth-order valence-electron chi connectivity index (χ4n) is 3.09. The van der Waals surface area contributed by atoms with E-state index in [1.165, 1.54) is 17.5 Å². The number of rotatable bonds is 5. The molecule has 0 bridgehead atoms. The predicted octanol–water partition coefficient (Wildman–Crippen LogP) is 2.61. The van der Waals surface area contributed by atoms with E-state index in [-0.39, 0.29) is 5.60 Å². The van der Waals surface area contributed by atoms with Crippen LogP contribution in [0.2, 0.25) is 0 Å². The second-order valence-corrected chi connectivity index (χ2v) is 6.67. The number of likely N-dealkylation sites (tertiary alicyclic amines) is 1. The zero-order valence-electron chi connectivity index (χ0n) is 13.2. The van der Waals surface area contributed by atoms with Gasteiger partial charge in [-0.05, 0) is 50.9 Å². The van der Waals surface area contributed by atoms with E-state index in [9.17, 15) is 0 Å². The molecule has 1 heterocycles. The monoisotopic (exact) mass is 276 g/mol. The number of nitrogens with zero attached hydrogens (tertiary/aromatic N) is 1. The van der Waals surface area contributed by atoms with Gasteiger partial charge in [0, 0.05) is 26.1 Å². The smallest absolute Gasteiger partial charge is 0.0662 e. The van der Waals surface area contributed by atoms with Crippen molar-refractivity contribution < 1.29 is 4.74 Å². The Bertz CT molecular complexity index is 427. The number of methoxy groups -OCH3 is 1. The summed E-state index contributed by atoms with van der Waals surface area (Å²) in [6.45, 7) is 6.15. The van der Waals surface area contributed by atoms with Crippen molar-refractivity contribution in [2.24, 2.45) is 11.7 Å². The molecule has 3 nitrogen and oxygen atoms in total. The lowest BCUT2D eigenvalue weighted by Crippen LogP contribution is -2.25. The van der Waals surface area contributed by atoms with Crippen LogP contribution in [0, 0.1) is 5.92 Å². The fraction of sp³-hybridized carbons (Fsp3) is 0.647. The topological polar surface area (TPSA) is 38.5 Å². The van der Waals surface area contributed by atoms with Crippen LogP contribution in [0.15, 0.2) is 24.3 Å². The van der Waals surface area contributed by atoms with Gasteiger partial charge in [-0.1, -0.05) is 24.3 Å². The van der Waals surface area contributed by atoms with Crippen LogP contribution in [-0.4, -0.2) is 37.7 Å². The van der Waals surface area contributed by atoms with Gasteiger partial charge in [-0.2, -0.15) is 0 Å². The van der Waals surface area contributed by atoms with Crippen molar-refractivity contribution in [2.45, 2.75) is 38.3 Å². The number of ether oxygens (including phenoxy) is 1. The molecule has 1 saturated heterocycles. The van der Waals surface area contributed by atoms with Gasteiger partial charge < -0.3 is 10.5 Å². The van der Waals surface area contributed by atoms with Crippen molar-refractivity contribution in [1.29, 1.82) is 0 Å². The van der Waals surface area contributed by atoms with E-state index >= 15 is 0 Å². The van der Waals surface area contributed by atoms with Gasteiger partial charge in [0.15, 0.2) is 0 Å². The van der Waals surface area contributed by atoms with Crippen LogP contribution in [0.25, 0.3) is 0 Å². The van der Waals surface area contributed by atoms with Gasteiger partial charge in [0.25, 0.3) is 0 Å². The normalized spacial score (nSPS) is 24.2. The second-order valence-electron chi connectivity index (χ2n) is 6.67. The largest absolute Gasteiger partial charge is 0.378 e. The maximum absolute atomic E-state index is 5.80. The molecule has 0 aromatic heterocycles. The molecular formula is C17H28N2O. The van der Waals surface area contributed by atoms with Crippen molar-refractivity contribution in [2.75, 3.05) is 27.2 Å². The predicted molar refractivity (Wildman–Crippen MR) is 83.8 cm³/mol. The Hall–Kier alpha value is -0.900. The molecule has 3 heteroatoms. The fourth-order valence-corrected chi connectivity index (χ4v) is 3.09. The summed E-state index contributed by atoms with van der Waals surface area (Å²) in [6.07, 6.45) is 2.12. The van der Waals surface area contributed by atoms with Crippen LogP contribution >= 0.6 is 0 Å². The summed E-state index contributed by atoms with van der Waals surface area (Å²) >= 11 is 0. The molecule has 0 radical (unpaired) electrons. The number of hydrogen-bond acceptors (Lipinski definition) is 3. The SMILES string of the molecule is COC(C)(C)Cc1ccc(C2CC(CN)CN2C)cc1. The molecular weight excluding hydrogens is 248 g/mol. The Kier molecular flexibility index (Phi) is 4.84. The average molecular weight is 276 g/mol. The van der Waals surface area contributed by atoms with Crippen molar-refractivity contribution >= 4 is 0 Å². The van der Waals surface area contributed by atoms with Crippen molar-refractivity contribution in [1.82, 2.24) is 4.90 Å². The van der Waals surface area contributed by atoms with Gasteiger partial charge in [-0.25, -0.2) is 0 Å². The first-order valence-corrected chi connectivity index (χ1v) is 7.49. The van der Waals surface area contributed by atoms with Gasteiger partial charge in [0.1, 0.15) is 0 Å². The molecule has 1 fully saturated rings. The average Bonchev–Trinajstić information content (AvgIpc) is 2.81. The van der Waals surface area contributed by atoms with E-state index in [1.807, 2.05) is 0 Å². The van der Waals surface area contributed by atoms with Crippen LogP contribution in [0.1, 0.15) is 37.4 Å². The van der Waals surface area contributed by atoms with Gasteiger partial charge >= 0.3 is 0 Å². The third-order valence-corrected chi connectivity index (χ3v) is 4.52. The molecule has 2 N–H and O–H groups in total. The first kappa shape index (κ1) is 15.5. The Labute approximate surface area is 123 Å². The van der Waals surface area contributed by atoms with E-state index in [2.05, 4.69) is 50.1 Å². The van der Waals surface area contributed by atoms with Crippen LogP contribution in [-0.2, 0) is 11.2 Å². The molecule has 2 rings (SSSR count). The summed E-state index contributed by atoms with van der Waals surface area (Å²) < 4.78 is 5.50. The van der Waals surface area contributed by atoms with E-state index < -0.39 is 0 Å². The summed E-state index contributed by atoms with van der Waals surface area (Å²) in [5.74, 6) is 0.636. The minimum atomic E-state index is -0.101. The Balaban J connectivity index is 2.05. The molecule has 0 aliphatic carbocycles. The Morgan fingerprint density at radius 3 is 2.45 bits per heavy atom. The van der Waals surface area contributed by atoms with Gasteiger partial charge in [-0.15, -0.1) is 0 Å². The minimum absolute atomic E-state index is 0.101. The molecule has 0 amide bonds. The van der Waals surface area contributed by atoms with Crippen molar-refractivity contribution in [3.63, 3.8) is 0 Å². The summed E-state index contributed by atoms with van der Waals surface area (Å²) in [5.41, 5.74) is 8.44.